The minimum Gasteiger partial charge on any atom is -0.206 e. The van der Waals surface area contributed by atoms with Crippen molar-refractivity contribution in [2.75, 3.05) is 0 Å². The largest absolute Gasteiger partial charge is 0.420 e. The van der Waals surface area contributed by atoms with Crippen LogP contribution < -0.4 is 0 Å². The molecule has 0 spiro atoms. The second kappa shape index (κ2) is 3.72. The van der Waals surface area contributed by atoms with Crippen LogP contribution in [-0.4, -0.2) is 0 Å². The van der Waals surface area contributed by atoms with Crippen molar-refractivity contribution in [2.45, 2.75) is 6.18 Å². The zero-order valence-electron chi connectivity index (χ0n) is 5.92. The molecule has 0 fully saturated rings. The lowest BCUT2D eigenvalue weighted by Crippen LogP contribution is -2.09. The highest BCUT2D eigenvalue weighted by Crippen LogP contribution is 2.38. The van der Waals surface area contributed by atoms with Gasteiger partial charge in [-0.3, -0.25) is 0 Å². The summed E-state index contributed by atoms with van der Waals surface area (Å²) in [6.45, 7) is 0. The van der Waals surface area contributed by atoms with E-state index in [0.29, 0.717) is 3.57 Å². The predicted molar refractivity (Wildman–Crippen MR) is 51.8 cm³/mol. The van der Waals surface area contributed by atoms with Gasteiger partial charge in [0.25, 0.3) is 0 Å². The van der Waals surface area contributed by atoms with Gasteiger partial charge in [0, 0.05) is 8.04 Å². The average Bonchev–Trinajstić information content (AvgIpc) is 1.95. The first-order valence-electron chi connectivity index (χ1n) is 3.04. The number of benzene rings is 1. The van der Waals surface area contributed by atoms with Crippen molar-refractivity contribution in [3.05, 3.63) is 31.6 Å². The van der Waals surface area contributed by atoms with E-state index in [0.717, 1.165) is 6.07 Å². The third kappa shape index (κ3) is 2.34. The van der Waals surface area contributed by atoms with Gasteiger partial charge >= 0.3 is 6.18 Å². The van der Waals surface area contributed by atoms with Gasteiger partial charge in [-0.1, -0.05) is 0 Å². The van der Waals surface area contributed by atoms with Gasteiger partial charge in [-0.05, 0) is 50.7 Å². The fourth-order valence-electron chi connectivity index (χ4n) is 0.787. The number of alkyl halides is 3. The number of halogens is 6. The van der Waals surface area contributed by atoms with Crippen molar-refractivity contribution in [1.82, 2.24) is 0 Å². The molecule has 0 aliphatic heterocycles. The quantitative estimate of drug-likeness (QED) is 0.365. The Kier molecular flexibility index (Phi) is 3.21. The van der Waals surface area contributed by atoms with Crippen molar-refractivity contribution >= 4 is 38.5 Å². The van der Waals surface area contributed by atoms with E-state index < -0.39 is 17.6 Å². The first kappa shape index (κ1) is 11.2. The Morgan fingerprint density at radius 3 is 2.15 bits per heavy atom. The molecule has 0 saturated carbocycles. The molecule has 0 aliphatic carbocycles. The van der Waals surface area contributed by atoms with E-state index in [1.54, 1.807) is 22.6 Å². The van der Waals surface area contributed by atoms with Gasteiger partial charge in [-0.15, -0.1) is 0 Å². The van der Waals surface area contributed by atoms with Crippen LogP contribution in [-0.2, 0) is 6.18 Å². The maximum atomic E-state index is 12.8. The molecule has 13 heavy (non-hydrogen) atoms. The van der Waals surface area contributed by atoms with Gasteiger partial charge in [-0.2, -0.15) is 13.2 Å². The molecule has 0 nitrogen and oxygen atoms in total. The van der Waals surface area contributed by atoms with Crippen molar-refractivity contribution < 1.29 is 17.6 Å². The molecular formula is C7H2BrF4I. The lowest BCUT2D eigenvalue weighted by molar-refractivity contribution is -0.140. The molecule has 1 rings (SSSR count). The monoisotopic (exact) mass is 368 g/mol. The van der Waals surface area contributed by atoms with E-state index in [9.17, 15) is 17.6 Å². The molecule has 0 unspecified atom stereocenters. The standard InChI is InChI=1S/C7H2BrF4I/c8-6-4(13)2-1-3(9)5(6)7(10,11)12/h1-2H. The minimum absolute atomic E-state index is 0.249. The van der Waals surface area contributed by atoms with E-state index in [-0.39, 0.29) is 4.47 Å². The van der Waals surface area contributed by atoms with Crippen molar-refractivity contribution in [2.24, 2.45) is 0 Å². The summed E-state index contributed by atoms with van der Waals surface area (Å²) in [6.07, 6.45) is -4.66. The summed E-state index contributed by atoms with van der Waals surface area (Å²) in [7, 11) is 0. The lowest BCUT2D eigenvalue weighted by Gasteiger charge is -2.10. The molecule has 0 amide bonds. The molecule has 0 aromatic heterocycles. The van der Waals surface area contributed by atoms with Gasteiger partial charge in [0.15, 0.2) is 0 Å². The second-order valence-electron chi connectivity index (χ2n) is 2.22. The third-order valence-corrected chi connectivity index (χ3v) is 3.79. The van der Waals surface area contributed by atoms with Crippen LogP contribution in [0.4, 0.5) is 17.6 Å². The van der Waals surface area contributed by atoms with Crippen LogP contribution >= 0.6 is 38.5 Å². The Balaban J connectivity index is 3.43. The average molecular weight is 369 g/mol. The van der Waals surface area contributed by atoms with Gasteiger partial charge < -0.3 is 0 Å². The Bertz CT molecular complexity index is 334. The number of hydrogen-bond donors (Lipinski definition) is 0. The van der Waals surface area contributed by atoms with Crippen LogP contribution in [0.15, 0.2) is 16.6 Å². The Labute approximate surface area is 93.6 Å². The van der Waals surface area contributed by atoms with E-state index in [1.807, 2.05) is 0 Å². The fraction of sp³-hybridized carbons (Fsp3) is 0.143. The third-order valence-electron chi connectivity index (χ3n) is 1.33. The molecule has 0 atom stereocenters. The highest BCUT2D eigenvalue weighted by atomic mass is 127. The molecule has 1 aromatic carbocycles. The van der Waals surface area contributed by atoms with Crippen LogP contribution in [0.25, 0.3) is 0 Å². The second-order valence-corrected chi connectivity index (χ2v) is 4.17. The molecule has 6 heteroatoms. The SMILES string of the molecule is Fc1ccc(I)c(Br)c1C(F)(F)F. The topological polar surface area (TPSA) is 0 Å². The molecule has 0 bridgehead atoms. The zero-order chi connectivity index (χ0) is 10.2. The molecule has 0 heterocycles. The Morgan fingerprint density at radius 2 is 1.77 bits per heavy atom. The molecule has 1 aromatic rings. The summed E-state index contributed by atoms with van der Waals surface area (Å²) in [6, 6.07) is 2.07. The molecule has 0 radical (unpaired) electrons. The maximum Gasteiger partial charge on any atom is 0.420 e. The lowest BCUT2D eigenvalue weighted by atomic mass is 10.2. The van der Waals surface area contributed by atoms with Crippen LogP contribution in [0.2, 0.25) is 0 Å². The Hall–Kier alpha value is 0.150. The van der Waals surface area contributed by atoms with E-state index in [2.05, 4.69) is 15.9 Å². The molecular weight excluding hydrogens is 367 g/mol. The van der Waals surface area contributed by atoms with Crippen molar-refractivity contribution in [3.8, 4) is 0 Å². The first-order chi connectivity index (χ1) is 5.84. The van der Waals surface area contributed by atoms with Gasteiger partial charge in [0.1, 0.15) is 11.4 Å². The minimum atomic E-state index is -4.66. The van der Waals surface area contributed by atoms with Gasteiger partial charge in [0.2, 0.25) is 0 Å². The smallest absolute Gasteiger partial charge is 0.206 e. The highest BCUT2D eigenvalue weighted by molar-refractivity contribution is 14.1. The summed E-state index contributed by atoms with van der Waals surface area (Å²) in [5, 5.41) is 0. The predicted octanol–water partition coefficient (Wildman–Crippen LogP) is 4.21. The van der Waals surface area contributed by atoms with Gasteiger partial charge in [-0.25, -0.2) is 4.39 Å². The van der Waals surface area contributed by atoms with Crippen molar-refractivity contribution in [1.29, 1.82) is 0 Å². The fourth-order valence-corrected chi connectivity index (χ4v) is 1.78. The van der Waals surface area contributed by atoms with E-state index in [1.165, 1.54) is 6.07 Å². The molecule has 0 saturated heterocycles. The van der Waals surface area contributed by atoms with Crippen LogP contribution in [0.1, 0.15) is 5.56 Å². The summed E-state index contributed by atoms with van der Waals surface area (Å²) < 4.78 is 49.5. The summed E-state index contributed by atoms with van der Waals surface area (Å²) >= 11 is 4.39. The van der Waals surface area contributed by atoms with Crippen LogP contribution in [0.5, 0.6) is 0 Å². The first-order valence-corrected chi connectivity index (χ1v) is 4.92. The molecule has 72 valence electrons. The van der Waals surface area contributed by atoms with Crippen LogP contribution in [0.3, 0.4) is 0 Å². The zero-order valence-corrected chi connectivity index (χ0v) is 9.67. The van der Waals surface area contributed by atoms with Crippen LogP contribution in [0, 0.1) is 9.39 Å². The summed E-state index contributed by atoms with van der Waals surface area (Å²) in [5.41, 5.74) is -1.25. The maximum absolute atomic E-state index is 12.8. The number of rotatable bonds is 0. The number of hydrogen-bond acceptors (Lipinski definition) is 0. The summed E-state index contributed by atoms with van der Waals surface area (Å²) in [5.74, 6) is -1.26. The molecule has 0 aliphatic rings. The highest BCUT2D eigenvalue weighted by Gasteiger charge is 2.37. The van der Waals surface area contributed by atoms with Crippen molar-refractivity contribution in [3.63, 3.8) is 0 Å². The normalized spacial score (nSPS) is 11.8. The van der Waals surface area contributed by atoms with Gasteiger partial charge in [0.05, 0.1) is 0 Å². The van der Waals surface area contributed by atoms with E-state index >= 15 is 0 Å². The summed E-state index contributed by atoms with van der Waals surface area (Å²) in [4.78, 5) is 0. The van der Waals surface area contributed by atoms with E-state index in [4.69, 9.17) is 0 Å². The Morgan fingerprint density at radius 1 is 1.23 bits per heavy atom. The molecule has 0 N–H and O–H groups in total.